The Hall–Kier alpha value is -3.30. The molecular formula is C24H21ClFN5O2S. The van der Waals surface area contributed by atoms with Crippen LogP contribution < -0.4 is 0 Å². The van der Waals surface area contributed by atoms with Crippen molar-refractivity contribution in [2.45, 2.75) is 13.5 Å². The zero-order chi connectivity index (χ0) is 23.8. The van der Waals surface area contributed by atoms with Gasteiger partial charge in [0.05, 0.1) is 34.3 Å². The summed E-state index contributed by atoms with van der Waals surface area (Å²) >= 11 is 7.70. The Morgan fingerprint density at radius 3 is 2.41 bits per heavy atom. The highest BCUT2D eigenvalue weighted by Crippen LogP contribution is 2.24. The fourth-order valence-corrected chi connectivity index (χ4v) is 5.07. The minimum Gasteiger partial charge on any atom is -0.335 e. The Morgan fingerprint density at radius 1 is 1.06 bits per heavy atom. The van der Waals surface area contributed by atoms with E-state index in [0.717, 1.165) is 16.6 Å². The molecule has 1 saturated heterocycles. The van der Waals surface area contributed by atoms with Gasteiger partial charge in [0.15, 0.2) is 5.65 Å². The summed E-state index contributed by atoms with van der Waals surface area (Å²) in [6.07, 6.45) is 1.69. The van der Waals surface area contributed by atoms with Crippen LogP contribution in [0.4, 0.5) is 4.39 Å². The van der Waals surface area contributed by atoms with Crippen LogP contribution in [0.5, 0.6) is 0 Å². The van der Waals surface area contributed by atoms with Crippen LogP contribution in [-0.4, -0.2) is 62.6 Å². The first kappa shape index (κ1) is 22.5. The van der Waals surface area contributed by atoms with Gasteiger partial charge in [0.2, 0.25) is 0 Å². The van der Waals surface area contributed by atoms with E-state index in [4.69, 9.17) is 11.6 Å². The van der Waals surface area contributed by atoms with Gasteiger partial charge in [-0.15, -0.1) is 11.3 Å². The molecule has 0 unspecified atom stereocenters. The van der Waals surface area contributed by atoms with Gasteiger partial charge in [0.1, 0.15) is 5.82 Å². The molecule has 4 aromatic rings. The third-order valence-electron chi connectivity index (χ3n) is 5.87. The van der Waals surface area contributed by atoms with Crippen LogP contribution in [0.25, 0.3) is 11.0 Å². The largest absolute Gasteiger partial charge is 0.335 e. The molecule has 1 aliphatic heterocycles. The molecule has 4 heterocycles. The van der Waals surface area contributed by atoms with Crippen LogP contribution in [0.3, 0.4) is 0 Å². The highest BCUT2D eigenvalue weighted by molar-refractivity contribution is 7.09. The summed E-state index contributed by atoms with van der Waals surface area (Å²) in [5, 5.41) is 7.29. The molecule has 0 bridgehead atoms. The number of nitrogens with zero attached hydrogens (tertiary/aromatic N) is 5. The zero-order valence-electron chi connectivity index (χ0n) is 18.4. The number of aromatic nitrogens is 3. The van der Waals surface area contributed by atoms with E-state index in [1.807, 2.05) is 29.1 Å². The van der Waals surface area contributed by atoms with E-state index in [9.17, 15) is 14.0 Å². The van der Waals surface area contributed by atoms with E-state index in [1.54, 1.807) is 33.4 Å². The number of benzene rings is 1. The number of fused-ring (bicyclic) bond motifs is 1. The van der Waals surface area contributed by atoms with Crippen molar-refractivity contribution >= 4 is 45.8 Å². The molecule has 3 aromatic heterocycles. The van der Waals surface area contributed by atoms with Gasteiger partial charge in [-0.3, -0.25) is 9.59 Å². The Bertz CT molecular complexity index is 1380. The van der Waals surface area contributed by atoms with E-state index < -0.39 is 5.82 Å². The van der Waals surface area contributed by atoms with Crippen molar-refractivity contribution in [3.63, 3.8) is 0 Å². The van der Waals surface area contributed by atoms with E-state index in [-0.39, 0.29) is 22.4 Å². The van der Waals surface area contributed by atoms with Gasteiger partial charge in [-0.25, -0.2) is 14.1 Å². The van der Waals surface area contributed by atoms with Crippen molar-refractivity contribution in [1.82, 2.24) is 24.6 Å². The lowest BCUT2D eigenvalue weighted by molar-refractivity contribution is 0.0536. The van der Waals surface area contributed by atoms with Gasteiger partial charge in [0, 0.05) is 36.8 Å². The zero-order valence-corrected chi connectivity index (χ0v) is 19.9. The number of piperazine rings is 1. The molecule has 0 radical (unpaired) electrons. The van der Waals surface area contributed by atoms with Crippen LogP contribution in [0.15, 0.2) is 48.0 Å². The van der Waals surface area contributed by atoms with Crippen molar-refractivity contribution in [1.29, 1.82) is 0 Å². The third-order valence-corrected chi connectivity index (χ3v) is 7.04. The molecule has 0 aliphatic carbocycles. The highest BCUT2D eigenvalue weighted by atomic mass is 35.5. The maximum Gasteiger partial charge on any atom is 0.255 e. The summed E-state index contributed by atoms with van der Waals surface area (Å²) in [6, 6.07) is 9.56. The summed E-state index contributed by atoms with van der Waals surface area (Å²) in [5.41, 5.74) is 2.23. The van der Waals surface area contributed by atoms with Crippen molar-refractivity contribution in [3.05, 3.63) is 80.5 Å². The Balaban J connectivity index is 1.33. The molecule has 0 N–H and O–H groups in total. The van der Waals surface area contributed by atoms with Crippen LogP contribution in [-0.2, 0) is 6.54 Å². The number of aryl methyl sites for hydroxylation is 1. The van der Waals surface area contributed by atoms with Crippen molar-refractivity contribution in [2.75, 3.05) is 26.2 Å². The third kappa shape index (κ3) is 4.28. The number of amides is 2. The average Bonchev–Trinajstić information content (AvgIpc) is 3.48. The smallest absolute Gasteiger partial charge is 0.255 e. The predicted octanol–water partition coefficient (Wildman–Crippen LogP) is 4.24. The van der Waals surface area contributed by atoms with E-state index >= 15 is 0 Å². The molecule has 0 saturated carbocycles. The molecule has 2 amide bonds. The fourth-order valence-electron chi connectivity index (χ4n) is 4.13. The Labute approximate surface area is 204 Å². The SMILES string of the molecule is Cc1cc(C(=O)N2CCN(C(=O)c3ccc(F)cc3Cl)CC2)c2cnn(Cc3cccs3)c2n1. The minimum absolute atomic E-state index is 0.0812. The molecule has 1 fully saturated rings. The minimum atomic E-state index is -0.491. The second kappa shape index (κ2) is 9.15. The summed E-state index contributed by atoms with van der Waals surface area (Å²) in [7, 11) is 0. The number of carbonyl (C=O) groups is 2. The van der Waals surface area contributed by atoms with Crippen LogP contribution in [0, 0.1) is 12.7 Å². The van der Waals surface area contributed by atoms with Gasteiger partial charge >= 0.3 is 0 Å². The Morgan fingerprint density at radius 2 is 1.76 bits per heavy atom. The van der Waals surface area contributed by atoms with Crippen LogP contribution in [0.1, 0.15) is 31.3 Å². The van der Waals surface area contributed by atoms with Crippen molar-refractivity contribution < 1.29 is 14.0 Å². The molecular weight excluding hydrogens is 477 g/mol. The number of hydrogen-bond acceptors (Lipinski definition) is 5. The predicted molar refractivity (Wildman–Crippen MR) is 129 cm³/mol. The number of pyridine rings is 1. The number of hydrogen-bond donors (Lipinski definition) is 0. The standard InChI is InChI=1S/C24H21ClFN5O2S/c1-15-11-19(20-13-27-31(22(20)28-15)14-17-3-2-10-34-17)24(33)30-8-6-29(7-9-30)23(32)18-5-4-16(26)12-21(18)25/h2-5,10-13H,6-9,14H2,1H3. The normalized spacial score (nSPS) is 14.1. The Kier molecular flexibility index (Phi) is 6.05. The van der Waals surface area contributed by atoms with E-state index in [2.05, 4.69) is 10.1 Å². The van der Waals surface area contributed by atoms with Gasteiger partial charge in [-0.2, -0.15) is 5.10 Å². The van der Waals surface area contributed by atoms with Gasteiger partial charge in [-0.1, -0.05) is 17.7 Å². The fraction of sp³-hybridized carbons (Fsp3) is 0.250. The first-order valence-corrected chi connectivity index (χ1v) is 12.1. The second-order valence-electron chi connectivity index (χ2n) is 8.14. The quantitative estimate of drug-likeness (QED) is 0.423. The second-order valence-corrected chi connectivity index (χ2v) is 9.58. The molecule has 5 rings (SSSR count). The number of halogens is 2. The lowest BCUT2D eigenvalue weighted by atomic mass is 10.1. The first-order chi connectivity index (χ1) is 16.4. The lowest BCUT2D eigenvalue weighted by Crippen LogP contribution is -2.50. The summed E-state index contributed by atoms with van der Waals surface area (Å²) < 4.78 is 15.1. The highest BCUT2D eigenvalue weighted by Gasteiger charge is 2.28. The average molecular weight is 498 g/mol. The van der Waals surface area contributed by atoms with Crippen LogP contribution >= 0.6 is 22.9 Å². The van der Waals surface area contributed by atoms with Gasteiger partial charge in [0.25, 0.3) is 11.8 Å². The number of thiophene rings is 1. The molecule has 1 aromatic carbocycles. The monoisotopic (exact) mass is 497 g/mol. The van der Waals surface area contributed by atoms with Crippen molar-refractivity contribution in [2.24, 2.45) is 0 Å². The topological polar surface area (TPSA) is 71.3 Å². The number of rotatable bonds is 4. The molecule has 0 spiro atoms. The molecule has 7 nitrogen and oxygen atoms in total. The molecule has 174 valence electrons. The molecule has 1 aliphatic rings. The molecule has 34 heavy (non-hydrogen) atoms. The summed E-state index contributed by atoms with van der Waals surface area (Å²) in [6.45, 7) is 3.96. The molecule has 10 heteroatoms. The van der Waals surface area contributed by atoms with E-state index in [1.165, 1.54) is 12.1 Å². The molecule has 0 atom stereocenters. The van der Waals surface area contributed by atoms with Crippen LogP contribution in [0.2, 0.25) is 5.02 Å². The first-order valence-electron chi connectivity index (χ1n) is 10.8. The maximum atomic E-state index is 13.4. The maximum absolute atomic E-state index is 13.4. The number of carbonyl (C=O) groups excluding carboxylic acids is 2. The van der Waals surface area contributed by atoms with Gasteiger partial charge < -0.3 is 9.80 Å². The van der Waals surface area contributed by atoms with Gasteiger partial charge in [-0.05, 0) is 42.6 Å². The van der Waals surface area contributed by atoms with Crippen molar-refractivity contribution in [3.8, 4) is 0 Å². The lowest BCUT2D eigenvalue weighted by Gasteiger charge is -2.35. The summed E-state index contributed by atoms with van der Waals surface area (Å²) in [5.74, 6) is -0.873. The summed E-state index contributed by atoms with van der Waals surface area (Å²) in [4.78, 5) is 35.4. The van der Waals surface area contributed by atoms with E-state index in [0.29, 0.717) is 49.3 Å².